The molecule has 2 rings (SSSR count). The lowest BCUT2D eigenvalue weighted by Crippen LogP contribution is -2.05. The molecule has 0 unspecified atom stereocenters. The van der Waals surface area contributed by atoms with Crippen LogP contribution in [0, 0.1) is 0 Å². The molecule has 0 atom stereocenters. The highest BCUT2D eigenvalue weighted by molar-refractivity contribution is 9.10. The Kier molecular flexibility index (Phi) is 4.16. The molecule has 0 bridgehead atoms. The molecular weight excluding hydrogens is 308 g/mol. The molecule has 0 aliphatic heterocycles. The van der Waals surface area contributed by atoms with Gasteiger partial charge in [0.15, 0.2) is 0 Å². The molecule has 0 aliphatic rings. The molecule has 0 radical (unpaired) electrons. The third kappa shape index (κ3) is 3.12. The molecule has 2 aromatic rings. The average Bonchev–Trinajstić information content (AvgIpc) is 2.41. The van der Waals surface area contributed by atoms with Crippen LogP contribution in [-0.2, 0) is 6.42 Å². The SMILES string of the molecule is CCc1cc(Br)ccc1Nc1ncccc1C(=O)O. The number of carboxylic acids is 1. The number of aryl methyl sites for hydroxylation is 1. The summed E-state index contributed by atoms with van der Waals surface area (Å²) in [6, 6.07) is 8.96. The number of benzene rings is 1. The summed E-state index contributed by atoms with van der Waals surface area (Å²) in [5.41, 5.74) is 2.12. The lowest BCUT2D eigenvalue weighted by Gasteiger charge is -2.12. The molecular formula is C14H13BrN2O2. The van der Waals surface area contributed by atoms with E-state index < -0.39 is 5.97 Å². The predicted molar refractivity (Wildman–Crippen MR) is 78.0 cm³/mol. The molecule has 0 saturated heterocycles. The van der Waals surface area contributed by atoms with Gasteiger partial charge in [-0.25, -0.2) is 9.78 Å². The summed E-state index contributed by atoms with van der Waals surface area (Å²) in [5, 5.41) is 12.2. The zero-order chi connectivity index (χ0) is 13.8. The van der Waals surface area contributed by atoms with Crippen LogP contribution in [-0.4, -0.2) is 16.1 Å². The van der Waals surface area contributed by atoms with Gasteiger partial charge < -0.3 is 10.4 Å². The Labute approximate surface area is 119 Å². The Bertz CT molecular complexity index is 614. The quantitative estimate of drug-likeness (QED) is 0.898. The summed E-state index contributed by atoms with van der Waals surface area (Å²) in [6.07, 6.45) is 2.41. The zero-order valence-corrected chi connectivity index (χ0v) is 11.9. The summed E-state index contributed by atoms with van der Waals surface area (Å²) in [4.78, 5) is 15.2. The van der Waals surface area contributed by atoms with Gasteiger partial charge in [-0.2, -0.15) is 0 Å². The standard InChI is InChI=1S/C14H13BrN2O2/c1-2-9-8-10(15)5-6-12(9)17-13-11(14(18)19)4-3-7-16-13/h3-8H,2H2,1H3,(H,16,17)(H,18,19). The van der Waals surface area contributed by atoms with Crippen LogP contribution in [0.25, 0.3) is 0 Å². The highest BCUT2D eigenvalue weighted by Crippen LogP contribution is 2.25. The van der Waals surface area contributed by atoms with Crippen molar-refractivity contribution in [3.05, 3.63) is 52.1 Å². The van der Waals surface area contributed by atoms with Crippen LogP contribution >= 0.6 is 15.9 Å². The molecule has 4 nitrogen and oxygen atoms in total. The lowest BCUT2D eigenvalue weighted by molar-refractivity contribution is 0.0697. The van der Waals surface area contributed by atoms with Crippen molar-refractivity contribution in [2.75, 3.05) is 5.32 Å². The van der Waals surface area contributed by atoms with Gasteiger partial charge in [0.1, 0.15) is 11.4 Å². The number of nitrogens with one attached hydrogen (secondary N) is 1. The maximum atomic E-state index is 11.1. The fourth-order valence-corrected chi connectivity index (χ4v) is 2.19. The van der Waals surface area contributed by atoms with Crippen LogP contribution in [0.2, 0.25) is 0 Å². The van der Waals surface area contributed by atoms with Crippen molar-refractivity contribution in [3.8, 4) is 0 Å². The molecule has 5 heteroatoms. The van der Waals surface area contributed by atoms with Crippen molar-refractivity contribution in [2.45, 2.75) is 13.3 Å². The average molecular weight is 321 g/mol. The minimum atomic E-state index is -0.995. The van der Waals surface area contributed by atoms with Crippen molar-refractivity contribution >= 4 is 33.4 Å². The van der Waals surface area contributed by atoms with Gasteiger partial charge in [0.25, 0.3) is 0 Å². The summed E-state index contributed by atoms with van der Waals surface area (Å²) in [5.74, 6) is -0.641. The van der Waals surface area contributed by atoms with E-state index in [0.717, 1.165) is 22.1 Å². The number of carbonyl (C=O) groups is 1. The molecule has 0 amide bonds. The molecule has 0 saturated carbocycles. The summed E-state index contributed by atoms with van der Waals surface area (Å²) in [7, 11) is 0. The third-order valence-corrected chi connectivity index (χ3v) is 3.23. The second-order valence-corrected chi connectivity index (χ2v) is 4.90. The van der Waals surface area contributed by atoms with Crippen molar-refractivity contribution < 1.29 is 9.90 Å². The maximum Gasteiger partial charge on any atom is 0.339 e. The molecule has 1 aromatic carbocycles. The Balaban J connectivity index is 2.39. The van der Waals surface area contributed by atoms with Crippen LogP contribution < -0.4 is 5.32 Å². The second-order valence-electron chi connectivity index (χ2n) is 3.98. The number of pyridine rings is 1. The van der Waals surface area contributed by atoms with Gasteiger partial charge in [0, 0.05) is 16.4 Å². The highest BCUT2D eigenvalue weighted by Gasteiger charge is 2.11. The first-order chi connectivity index (χ1) is 9.11. The molecule has 19 heavy (non-hydrogen) atoms. The monoisotopic (exact) mass is 320 g/mol. The molecule has 1 aromatic heterocycles. The lowest BCUT2D eigenvalue weighted by atomic mass is 10.1. The van der Waals surface area contributed by atoms with Gasteiger partial charge in [-0.1, -0.05) is 22.9 Å². The smallest absolute Gasteiger partial charge is 0.339 e. The van der Waals surface area contributed by atoms with Crippen molar-refractivity contribution in [1.29, 1.82) is 0 Å². The first-order valence-corrected chi connectivity index (χ1v) is 6.65. The predicted octanol–water partition coefficient (Wildman–Crippen LogP) is 3.85. The van der Waals surface area contributed by atoms with Crippen molar-refractivity contribution in [2.24, 2.45) is 0 Å². The minimum absolute atomic E-state index is 0.160. The van der Waals surface area contributed by atoms with E-state index >= 15 is 0 Å². The Morgan fingerprint density at radius 2 is 2.21 bits per heavy atom. The van der Waals surface area contributed by atoms with Gasteiger partial charge in [0.05, 0.1) is 0 Å². The number of carboxylic acid groups (broad SMARTS) is 1. The third-order valence-electron chi connectivity index (χ3n) is 2.74. The van der Waals surface area contributed by atoms with E-state index in [0.29, 0.717) is 5.82 Å². The normalized spacial score (nSPS) is 10.2. The van der Waals surface area contributed by atoms with E-state index in [1.54, 1.807) is 12.3 Å². The summed E-state index contributed by atoms with van der Waals surface area (Å²) in [6.45, 7) is 2.05. The number of hydrogen-bond acceptors (Lipinski definition) is 3. The van der Waals surface area contributed by atoms with Crippen LogP contribution in [0.15, 0.2) is 41.0 Å². The number of aromatic carboxylic acids is 1. The molecule has 98 valence electrons. The van der Waals surface area contributed by atoms with Crippen LogP contribution in [0.3, 0.4) is 0 Å². The number of hydrogen-bond donors (Lipinski definition) is 2. The Morgan fingerprint density at radius 3 is 2.89 bits per heavy atom. The fraction of sp³-hybridized carbons (Fsp3) is 0.143. The number of anilines is 2. The molecule has 2 N–H and O–H groups in total. The van der Waals surface area contributed by atoms with E-state index in [-0.39, 0.29) is 5.56 Å². The van der Waals surface area contributed by atoms with Crippen LogP contribution in [0.1, 0.15) is 22.8 Å². The maximum absolute atomic E-state index is 11.1. The van der Waals surface area contributed by atoms with E-state index in [1.807, 2.05) is 25.1 Å². The van der Waals surface area contributed by atoms with Gasteiger partial charge in [-0.05, 0) is 42.3 Å². The number of aromatic nitrogens is 1. The molecule has 0 fully saturated rings. The zero-order valence-electron chi connectivity index (χ0n) is 10.4. The number of rotatable bonds is 4. The van der Waals surface area contributed by atoms with Crippen LogP contribution in [0.4, 0.5) is 11.5 Å². The topological polar surface area (TPSA) is 62.2 Å². The molecule has 0 aliphatic carbocycles. The number of nitrogens with zero attached hydrogens (tertiary/aromatic N) is 1. The van der Waals surface area contributed by atoms with Gasteiger partial charge in [-0.15, -0.1) is 0 Å². The number of halogens is 1. The Hall–Kier alpha value is -1.88. The van der Waals surface area contributed by atoms with Crippen molar-refractivity contribution in [3.63, 3.8) is 0 Å². The van der Waals surface area contributed by atoms with Gasteiger partial charge >= 0.3 is 5.97 Å². The highest BCUT2D eigenvalue weighted by atomic mass is 79.9. The molecule has 1 heterocycles. The Morgan fingerprint density at radius 1 is 1.42 bits per heavy atom. The van der Waals surface area contributed by atoms with E-state index in [9.17, 15) is 4.79 Å². The minimum Gasteiger partial charge on any atom is -0.478 e. The molecule has 0 spiro atoms. The van der Waals surface area contributed by atoms with Crippen molar-refractivity contribution in [1.82, 2.24) is 4.98 Å². The van der Waals surface area contributed by atoms with Gasteiger partial charge in [0.2, 0.25) is 0 Å². The van der Waals surface area contributed by atoms with E-state index in [1.165, 1.54) is 6.07 Å². The summed E-state index contributed by atoms with van der Waals surface area (Å²) >= 11 is 3.42. The fourth-order valence-electron chi connectivity index (χ4n) is 1.78. The second kappa shape index (κ2) is 5.84. The van der Waals surface area contributed by atoms with E-state index in [2.05, 4.69) is 26.2 Å². The summed E-state index contributed by atoms with van der Waals surface area (Å²) < 4.78 is 0.995. The first-order valence-electron chi connectivity index (χ1n) is 5.85. The first kappa shape index (κ1) is 13.5. The van der Waals surface area contributed by atoms with E-state index in [4.69, 9.17) is 5.11 Å². The largest absolute Gasteiger partial charge is 0.478 e. The van der Waals surface area contributed by atoms with Gasteiger partial charge in [-0.3, -0.25) is 0 Å². The van der Waals surface area contributed by atoms with Crippen LogP contribution in [0.5, 0.6) is 0 Å².